The van der Waals surface area contributed by atoms with E-state index in [9.17, 15) is 0 Å². The van der Waals surface area contributed by atoms with Crippen molar-refractivity contribution >= 4 is 11.3 Å². The van der Waals surface area contributed by atoms with Crippen LogP contribution < -0.4 is 5.32 Å². The lowest BCUT2D eigenvalue weighted by atomic mass is 10.1. The summed E-state index contributed by atoms with van der Waals surface area (Å²) in [5, 5.41) is 17.3. The van der Waals surface area contributed by atoms with Crippen LogP contribution in [0.1, 0.15) is 22.4 Å². The highest BCUT2D eigenvalue weighted by Gasteiger charge is 2.19. The summed E-state index contributed by atoms with van der Waals surface area (Å²) in [6.07, 6.45) is 1.68. The largest absolute Gasteiger partial charge is 0.361 e. The summed E-state index contributed by atoms with van der Waals surface area (Å²) in [5.74, 6) is 0.758. The van der Waals surface area contributed by atoms with Crippen LogP contribution in [0.2, 0.25) is 0 Å². The SMILES string of the molecule is CNC(c1ccccc1)c1nnc(-c2cnoc2C)s1. The molecule has 1 N–H and O–H groups in total. The van der Waals surface area contributed by atoms with Gasteiger partial charge in [-0.25, -0.2) is 0 Å². The fourth-order valence-corrected chi connectivity index (χ4v) is 3.08. The number of nitrogens with zero attached hydrogens (tertiary/aromatic N) is 3. The zero-order valence-electron chi connectivity index (χ0n) is 11.2. The Morgan fingerprint density at radius 1 is 1.20 bits per heavy atom. The number of rotatable bonds is 4. The Hall–Kier alpha value is -2.05. The first-order valence-electron chi connectivity index (χ1n) is 6.27. The lowest BCUT2D eigenvalue weighted by Crippen LogP contribution is -2.17. The quantitative estimate of drug-likeness (QED) is 0.799. The molecule has 20 heavy (non-hydrogen) atoms. The number of benzene rings is 1. The molecule has 1 unspecified atom stereocenters. The third-order valence-corrected chi connectivity index (χ3v) is 4.11. The van der Waals surface area contributed by atoms with E-state index in [0.29, 0.717) is 0 Å². The molecule has 1 aromatic carbocycles. The average Bonchev–Trinajstić information content (AvgIpc) is 3.10. The normalized spacial score (nSPS) is 12.5. The second kappa shape index (κ2) is 5.52. The summed E-state index contributed by atoms with van der Waals surface area (Å²) in [5.41, 5.74) is 2.07. The standard InChI is InChI=1S/C14H14N4OS/c1-9-11(8-16-19-9)13-17-18-14(20-13)12(15-2)10-6-4-3-5-7-10/h3-8,12,15H,1-2H3. The molecule has 0 aliphatic carbocycles. The maximum absolute atomic E-state index is 5.07. The summed E-state index contributed by atoms with van der Waals surface area (Å²) >= 11 is 1.55. The molecule has 6 heteroatoms. The van der Waals surface area contributed by atoms with E-state index in [1.54, 1.807) is 17.5 Å². The maximum atomic E-state index is 5.07. The van der Waals surface area contributed by atoms with E-state index in [4.69, 9.17) is 4.52 Å². The molecule has 1 atom stereocenters. The molecule has 5 nitrogen and oxygen atoms in total. The van der Waals surface area contributed by atoms with E-state index >= 15 is 0 Å². The van der Waals surface area contributed by atoms with Crippen LogP contribution in [0, 0.1) is 6.92 Å². The smallest absolute Gasteiger partial charge is 0.153 e. The molecule has 0 saturated heterocycles. The Labute approximate surface area is 120 Å². The second-order valence-electron chi connectivity index (χ2n) is 4.37. The molecule has 0 aliphatic heterocycles. The lowest BCUT2D eigenvalue weighted by molar-refractivity contribution is 0.398. The Balaban J connectivity index is 1.95. The topological polar surface area (TPSA) is 63.8 Å². The van der Waals surface area contributed by atoms with Crippen LogP contribution in [0.4, 0.5) is 0 Å². The second-order valence-corrected chi connectivity index (χ2v) is 5.38. The number of nitrogens with one attached hydrogen (secondary N) is 1. The van der Waals surface area contributed by atoms with Crippen molar-refractivity contribution in [2.24, 2.45) is 0 Å². The number of hydrogen-bond donors (Lipinski definition) is 1. The average molecular weight is 286 g/mol. The van der Waals surface area contributed by atoms with Crippen molar-refractivity contribution in [3.8, 4) is 10.6 Å². The molecule has 0 saturated carbocycles. The van der Waals surface area contributed by atoms with Crippen LogP contribution in [0.5, 0.6) is 0 Å². The van der Waals surface area contributed by atoms with Crippen LogP contribution in [-0.4, -0.2) is 22.4 Å². The molecule has 0 amide bonds. The van der Waals surface area contributed by atoms with Gasteiger partial charge in [0, 0.05) is 0 Å². The zero-order valence-corrected chi connectivity index (χ0v) is 12.0. The third kappa shape index (κ3) is 2.35. The minimum atomic E-state index is 0.0441. The fourth-order valence-electron chi connectivity index (χ4n) is 2.04. The van der Waals surface area contributed by atoms with Crippen molar-refractivity contribution in [2.45, 2.75) is 13.0 Å². The Kier molecular flexibility index (Phi) is 3.58. The van der Waals surface area contributed by atoms with Gasteiger partial charge < -0.3 is 9.84 Å². The van der Waals surface area contributed by atoms with E-state index in [1.807, 2.05) is 32.2 Å². The van der Waals surface area contributed by atoms with Crippen molar-refractivity contribution in [1.82, 2.24) is 20.7 Å². The molecule has 3 rings (SSSR count). The molecule has 0 aliphatic rings. The minimum Gasteiger partial charge on any atom is -0.361 e. The highest BCUT2D eigenvalue weighted by Crippen LogP contribution is 2.31. The van der Waals surface area contributed by atoms with Crippen LogP contribution in [0.15, 0.2) is 41.1 Å². The van der Waals surface area contributed by atoms with E-state index in [0.717, 1.165) is 21.3 Å². The fraction of sp³-hybridized carbons (Fsp3) is 0.214. The number of hydrogen-bond acceptors (Lipinski definition) is 6. The van der Waals surface area contributed by atoms with Crippen molar-refractivity contribution in [3.05, 3.63) is 52.9 Å². The molecule has 2 heterocycles. The molecule has 0 bridgehead atoms. The van der Waals surface area contributed by atoms with E-state index in [-0.39, 0.29) is 6.04 Å². The predicted molar refractivity (Wildman–Crippen MR) is 77.5 cm³/mol. The summed E-state index contributed by atoms with van der Waals surface area (Å²) in [6.45, 7) is 1.87. The van der Waals surface area contributed by atoms with Gasteiger partial charge in [0.25, 0.3) is 0 Å². The summed E-state index contributed by atoms with van der Waals surface area (Å²) in [6, 6.07) is 10.2. The van der Waals surface area contributed by atoms with Crippen molar-refractivity contribution in [1.29, 1.82) is 0 Å². The molecule has 102 valence electrons. The van der Waals surface area contributed by atoms with Gasteiger partial charge in [-0.15, -0.1) is 10.2 Å². The van der Waals surface area contributed by atoms with Gasteiger partial charge in [0.2, 0.25) is 0 Å². The van der Waals surface area contributed by atoms with Gasteiger partial charge >= 0.3 is 0 Å². The van der Waals surface area contributed by atoms with Gasteiger partial charge in [-0.1, -0.05) is 46.8 Å². The summed E-state index contributed by atoms with van der Waals surface area (Å²) in [7, 11) is 1.92. The molecule has 0 fully saturated rings. The predicted octanol–water partition coefficient (Wildman–Crippen LogP) is 2.81. The van der Waals surface area contributed by atoms with E-state index in [2.05, 4.69) is 32.8 Å². The van der Waals surface area contributed by atoms with Gasteiger partial charge in [-0.3, -0.25) is 0 Å². The number of aryl methyl sites for hydroxylation is 1. The van der Waals surface area contributed by atoms with Crippen LogP contribution in [0.25, 0.3) is 10.6 Å². The highest BCUT2D eigenvalue weighted by molar-refractivity contribution is 7.14. The molecular weight excluding hydrogens is 272 g/mol. The molecule has 0 spiro atoms. The first-order valence-corrected chi connectivity index (χ1v) is 7.08. The first kappa shape index (κ1) is 13.0. The molecular formula is C14H14N4OS. The van der Waals surface area contributed by atoms with Gasteiger partial charge in [0.05, 0.1) is 17.8 Å². The maximum Gasteiger partial charge on any atom is 0.153 e. The number of aromatic nitrogens is 3. The summed E-state index contributed by atoms with van der Waals surface area (Å²) < 4.78 is 5.07. The third-order valence-electron chi connectivity index (χ3n) is 3.09. The summed E-state index contributed by atoms with van der Waals surface area (Å²) in [4.78, 5) is 0. The Morgan fingerprint density at radius 2 is 2.00 bits per heavy atom. The van der Waals surface area contributed by atoms with Gasteiger partial charge in [-0.2, -0.15) is 0 Å². The van der Waals surface area contributed by atoms with Crippen LogP contribution >= 0.6 is 11.3 Å². The molecule has 3 aromatic rings. The van der Waals surface area contributed by atoms with Crippen molar-refractivity contribution < 1.29 is 4.52 Å². The highest BCUT2D eigenvalue weighted by atomic mass is 32.1. The monoisotopic (exact) mass is 286 g/mol. The molecule has 0 radical (unpaired) electrons. The van der Waals surface area contributed by atoms with Crippen LogP contribution in [-0.2, 0) is 0 Å². The lowest BCUT2D eigenvalue weighted by Gasteiger charge is -2.12. The van der Waals surface area contributed by atoms with Crippen LogP contribution in [0.3, 0.4) is 0 Å². The van der Waals surface area contributed by atoms with Crippen molar-refractivity contribution in [3.63, 3.8) is 0 Å². The van der Waals surface area contributed by atoms with Gasteiger partial charge in [0.15, 0.2) is 5.01 Å². The molecule has 2 aromatic heterocycles. The van der Waals surface area contributed by atoms with Crippen molar-refractivity contribution in [2.75, 3.05) is 7.05 Å². The Morgan fingerprint density at radius 3 is 2.65 bits per heavy atom. The Bertz CT molecular complexity index is 692. The zero-order chi connectivity index (χ0) is 13.9. The van der Waals surface area contributed by atoms with Gasteiger partial charge in [0.1, 0.15) is 10.8 Å². The van der Waals surface area contributed by atoms with E-state index < -0.39 is 0 Å². The van der Waals surface area contributed by atoms with Gasteiger partial charge in [-0.05, 0) is 19.5 Å². The minimum absolute atomic E-state index is 0.0441. The first-order chi connectivity index (χ1) is 9.79. The van der Waals surface area contributed by atoms with E-state index in [1.165, 1.54) is 5.56 Å².